The van der Waals surface area contributed by atoms with Gasteiger partial charge in [0.1, 0.15) is 17.7 Å². The zero-order valence-electron chi connectivity index (χ0n) is 22.3. The molecule has 10 nitrogen and oxygen atoms in total. The number of hydrogen-bond donors (Lipinski definition) is 4. The molecule has 0 aromatic heterocycles. The molecule has 0 saturated heterocycles. The van der Waals surface area contributed by atoms with Gasteiger partial charge in [-0.15, -0.1) is 0 Å². The fourth-order valence-corrected chi connectivity index (χ4v) is 6.30. The minimum absolute atomic E-state index is 0.0261. The van der Waals surface area contributed by atoms with E-state index in [-0.39, 0.29) is 30.6 Å². The van der Waals surface area contributed by atoms with E-state index in [4.69, 9.17) is 14.2 Å². The Labute approximate surface area is 233 Å². The van der Waals surface area contributed by atoms with Crippen molar-refractivity contribution < 1.29 is 37.6 Å². The zero-order valence-corrected chi connectivity index (χ0v) is 23.1. The normalized spacial score (nSPS) is 14.9. The highest BCUT2D eigenvalue weighted by Crippen LogP contribution is 2.35. The van der Waals surface area contributed by atoms with Crippen molar-refractivity contribution in [2.24, 2.45) is 5.92 Å². The van der Waals surface area contributed by atoms with E-state index in [1.165, 1.54) is 12.1 Å². The lowest BCUT2D eigenvalue weighted by molar-refractivity contribution is 0.116. The summed E-state index contributed by atoms with van der Waals surface area (Å²) in [6.45, 7) is 3.79. The number of fused-ring (bicyclic) bond motifs is 1. The summed E-state index contributed by atoms with van der Waals surface area (Å²) >= 11 is 0. The van der Waals surface area contributed by atoms with Crippen LogP contribution in [0.5, 0.6) is 17.2 Å². The molecule has 0 aliphatic carbocycles. The first-order chi connectivity index (χ1) is 19.1. The van der Waals surface area contributed by atoms with Crippen LogP contribution in [0.1, 0.15) is 25.0 Å². The molecular weight excluding hydrogens is 536 g/mol. The molecule has 11 heteroatoms. The summed E-state index contributed by atoms with van der Waals surface area (Å²) in [6, 6.07) is 20.5. The summed E-state index contributed by atoms with van der Waals surface area (Å²) in [5, 5.41) is 24.6. The number of carboxylic acid groups (broad SMARTS) is 1. The van der Waals surface area contributed by atoms with Gasteiger partial charge in [0.05, 0.1) is 17.0 Å². The van der Waals surface area contributed by atoms with Crippen LogP contribution in [-0.2, 0) is 22.9 Å². The molecule has 1 aliphatic rings. The quantitative estimate of drug-likeness (QED) is 0.242. The van der Waals surface area contributed by atoms with Gasteiger partial charge < -0.3 is 29.7 Å². The molecule has 1 heterocycles. The van der Waals surface area contributed by atoms with Gasteiger partial charge >= 0.3 is 6.09 Å². The van der Waals surface area contributed by atoms with Crippen LogP contribution in [0, 0.1) is 5.92 Å². The van der Waals surface area contributed by atoms with E-state index < -0.39 is 33.5 Å². The van der Waals surface area contributed by atoms with Gasteiger partial charge in [-0.25, -0.2) is 13.2 Å². The zero-order chi connectivity index (χ0) is 28.7. The third-order valence-electron chi connectivity index (χ3n) is 6.54. The molecule has 4 rings (SSSR count). The Morgan fingerprint density at radius 3 is 2.35 bits per heavy atom. The predicted octanol–water partition coefficient (Wildman–Crippen LogP) is 3.58. The molecule has 0 bridgehead atoms. The summed E-state index contributed by atoms with van der Waals surface area (Å²) in [6.07, 6.45) is -2.31. The summed E-state index contributed by atoms with van der Waals surface area (Å²) in [7, 11) is -3.86. The Morgan fingerprint density at radius 2 is 1.68 bits per heavy atom. The second-order valence-electron chi connectivity index (χ2n) is 9.88. The van der Waals surface area contributed by atoms with Crippen LogP contribution in [0.3, 0.4) is 0 Å². The second-order valence-corrected chi connectivity index (χ2v) is 11.9. The molecule has 0 fully saturated rings. The van der Waals surface area contributed by atoms with Gasteiger partial charge in [0, 0.05) is 12.6 Å². The van der Waals surface area contributed by atoms with Crippen molar-refractivity contribution >= 4 is 15.9 Å². The van der Waals surface area contributed by atoms with E-state index in [1.807, 2.05) is 30.3 Å². The van der Waals surface area contributed by atoms with Crippen LogP contribution in [0.25, 0.3) is 0 Å². The minimum Gasteiger partial charge on any atom is -0.489 e. The molecule has 0 radical (unpaired) electrons. The third kappa shape index (κ3) is 7.44. The van der Waals surface area contributed by atoms with E-state index in [9.17, 15) is 23.4 Å². The molecule has 214 valence electrons. The number of carbonyl (C=O) groups is 1. The maximum Gasteiger partial charge on any atom is 0.404 e. The fourth-order valence-electron chi connectivity index (χ4n) is 4.44. The molecular formula is C29H34N2O8S. The molecule has 0 spiro atoms. The standard InChI is InChI=1S/C29H34N2O8S/c1-19(2)28(40(35,36)23-12-13-26-27(15-23)39-18-38-26)30-16-25(32)24(31-29(33)34)14-20-8-10-22(11-9-20)37-17-21-6-4-3-5-7-21/h3-13,15,19,24-25,28,30-32H,14,16-18H2,1-2H3,(H,33,34)/t24-,25+,28?/m0/s1. The molecule has 3 aromatic carbocycles. The smallest absolute Gasteiger partial charge is 0.404 e. The first-order valence-electron chi connectivity index (χ1n) is 12.9. The number of benzene rings is 3. The molecule has 0 saturated carbocycles. The molecule has 3 aromatic rings. The van der Waals surface area contributed by atoms with Crippen LogP contribution in [-0.4, -0.2) is 55.6 Å². The van der Waals surface area contributed by atoms with Gasteiger partial charge in [0.2, 0.25) is 6.79 Å². The molecule has 1 amide bonds. The monoisotopic (exact) mass is 570 g/mol. The SMILES string of the molecule is CC(C)C(NC[C@@H](O)[C@H](Cc1ccc(OCc2ccccc2)cc1)NC(=O)O)S(=O)(=O)c1ccc2c(c1)OCO2. The highest BCUT2D eigenvalue weighted by atomic mass is 32.2. The Bertz CT molecular complexity index is 1380. The highest BCUT2D eigenvalue weighted by Gasteiger charge is 2.33. The van der Waals surface area contributed by atoms with Crippen LogP contribution >= 0.6 is 0 Å². The van der Waals surface area contributed by atoms with E-state index >= 15 is 0 Å². The van der Waals surface area contributed by atoms with Crippen LogP contribution in [0.2, 0.25) is 0 Å². The average molecular weight is 571 g/mol. The fraction of sp³-hybridized carbons (Fsp3) is 0.345. The molecule has 1 unspecified atom stereocenters. The Morgan fingerprint density at radius 1 is 0.975 bits per heavy atom. The Kier molecular flexibility index (Phi) is 9.51. The average Bonchev–Trinajstić information content (AvgIpc) is 3.40. The van der Waals surface area contributed by atoms with Crippen molar-refractivity contribution in [1.29, 1.82) is 0 Å². The van der Waals surface area contributed by atoms with E-state index in [0.717, 1.165) is 11.1 Å². The number of sulfone groups is 1. The Hall–Kier alpha value is -3.80. The maximum absolute atomic E-state index is 13.4. The van der Waals surface area contributed by atoms with E-state index in [2.05, 4.69) is 10.6 Å². The first-order valence-corrected chi connectivity index (χ1v) is 14.5. The molecule has 1 aliphatic heterocycles. The van der Waals surface area contributed by atoms with Crippen molar-refractivity contribution in [1.82, 2.24) is 10.6 Å². The topological polar surface area (TPSA) is 143 Å². The Balaban J connectivity index is 1.40. The van der Waals surface area contributed by atoms with E-state index in [1.54, 1.807) is 44.2 Å². The summed E-state index contributed by atoms with van der Waals surface area (Å²) < 4.78 is 43.3. The molecule has 4 N–H and O–H groups in total. The number of nitrogens with one attached hydrogen (secondary N) is 2. The van der Waals surface area contributed by atoms with Gasteiger partial charge in [0.15, 0.2) is 21.3 Å². The second kappa shape index (κ2) is 13.0. The van der Waals surface area contributed by atoms with Crippen LogP contribution in [0.15, 0.2) is 77.7 Å². The lowest BCUT2D eigenvalue weighted by Gasteiger charge is -2.28. The first kappa shape index (κ1) is 29.2. The summed E-state index contributed by atoms with van der Waals surface area (Å²) in [4.78, 5) is 11.5. The number of aliphatic hydroxyl groups excluding tert-OH is 1. The van der Waals surface area contributed by atoms with Gasteiger partial charge in [-0.1, -0.05) is 56.3 Å². The number of ether oxygens (including phenoxy) is 3. The van der Waals surface area contributed by atoms with Crippen molar-refractivity contribution in [3.8, 4) is 17.2 Å². The summed E-state index contributed by atoms with van der Waals surface area (Å²) in [5.74, 6) is 1.13. The van der Waals surface area contributed by atoms with Crippen molar-refractivity contribution in [2.75, 3.05) is 13.3 Å². The summed E-state index contributed by atoms with van der Waals surface area (Å²) in [5.41, 5.74) is 1.81. The van der Waals surface area contributed by atoms with Crippen molar-refractivity contribution in [3.05, 3.63) is 83.9 Å². The van der Waals surface area contributed by atoms with Gasteiger partial charge in [-0.3, -0.25) is 5.32 Å². The van der Waals surface area contributed by atoms with Gasteiger partial charge in [-0.05, 0) is 47.7 Å². The van der Waals surface area contributed by atoms with Crippen LogP contribution in [0.4, 0.5) is 4.79 Å². The lowest BCUT2D eigenvalue weighted by Crippen LogP contribution is -2.51. The van der Waals surface area contributed by atoms with Crippen molar-refractivity contribution in [2.45, 2.75) is 49.3 Å². The third-order valence-corrected chi connectivity index (χ3v) is 8.83. The minimum atomic E-state index is -3.86. The molecule has 3 atom stereocenters. The van der Waals surface area contributed by atoms with Gasteiger partial charge in [0.25, 0.3) is 0 Å². The van der Waals surface area contributed by atoms with E-state index in [0.29, 0.717) is 23.9 Å². The maximum atomic E-state index is 13.4. The number of amides is 1. The number of rotatable bonds is 13. The van der Waals surface area contributed by atoms with Gasteiger partial charge in [-0.2, -0.15) is 0 Å². The largest absolute Gasteiger partial charge is 0.489 e. The number of hydrogen-bond acceptors (Lipinski definition) is 8. The predicted molar refractivity (Wildman–Crippen MR) is 148 cm³/mol. The molecule has 40 heavy (non-hydrogen) atoms. The highest BCUT2D eigenvalue weighted by molar-refractivity contribution is 7.92. The van der Waals surface area contributed by atoms with Crippen LogP contribution < -0.4 is 24.8 Å². The lowest BCUT2D eigenvalue weighted by atomic mass is 10.0. The number of aliphatic hydroxyl groups is 1. The van der Waals surface area contributed by atoms with Crippen molar-refractivity contribution in [3.63, 3.8) is 0 Å².